The highest BCUT2D eigenvalue weighted by molar-refractivity contribution is 4.97. The third-order valence-electron chi connectivity index (χ3n) is 2.05. The van der Waals surface area contributed by atoms with Crippen molar-refractivity contribution in [3.05, 3.63) is 24.0 Å². The minimum atomic E-state index is 0.463. The minimum absolute atomic E-state index is 0.463. The Morgan fingerprint density at radius 1 is 1.15 bits per heavy atom. The molecule has 0 aromatic rings. The van der Waals surface area contributed by atoms with Crippen molar-refractivity contribution in [2.24, 2.45) is 0 Å². The highest BCUT2D eigenvalue weighted by Crippen LogP contribution is 2.04. The highest BCUT2D eigenvalue weighted by Gasteiger charge is 1.86. The van der Waals surface area contributed by atoms with Crippen LogP contribution in [-0.4, -0.2) is 5.11 Å². The topological polar surface area (TPSA) is 20.2 Å². The van der Waals surface area contributed by atoms with E-state index in [1.807, 2.05) is 13.0 Å². The van der Waals surface area contributed by atoms with Crippen LogP contribution in [0.2, 0.25) is 0 Å². The second-order valence-corrected chi connectivity index (χ2v) is 3.30. The molecule has 0 heterocycles. The molecular formula is C12H22O. The van der Waals surface area contributed by atoms with Gasteiger partial charge in [-0.3, -0.25) is 0 Å². The number of aliphatic hydroxyl groups is 1. The van der Waals surface area contributed by atoms with Crippen molar-refractivity contribution in [3.63, 3.8) is 0 Å². The lowest BCUT2D eigenvalue weighted by atomic mass is 10.1. The van der Waals surface area contributed by atoms with Crippen molar-refractivity contribution in [1.29, 1.82) is 0 Å². The summed E-state index contributed by atoms with van der Waals surface area (Å²) in [6.07, 6.45) is 13.0. The SMILES string of the molecule is C/C=C(\O)C/C=C/CCCCCC. The lowest BCUT2D eigenvalue weighted by molar-refractivity contribution is 0.400. The van der Waals surface area contributed by atoms with Gasteiger partial charge in [0, 0.05) is 6.42 Å². The molecule has 0 aromatic carbocycles. The Hall–Kier alpha value is -0.720. The standard InChI is InChI=1S/C12H22O/c1-3-5-6-7-8-9-10-11-12(13)4-2/h4,9-10,13H,3,5-8,11H2,1-2H3/b10-9+,12-4-. The van der Waals surface area contributed by atoms with Gasteiger partial charge in [0.25, 0.3) is 0 Å². The summed E-state index contributed by atoms with van der Waals surface area (Å²) in [6.45, 7) is 4.07. The van der Waals surface area contributed by atoms with Gasteiger partial charge >= 0.3 is 0 Å². The zero-order chi connectivity index (χ0) is 9.94. The number of unbranched alkanes of at least 4 members (excludes halogenated alkanes) is 4. The van der Waals surface area contributed by atoms with Gasteiger partial charge in [0.1, 0.15) is 0 Å². The Bertz CT molecular complexity index is 157. The zero-order valence-corrected chi connectivity index (χ0v) is 8.92. The van der Waals surface area contributed by atoms with Gasteiger partial charge in [-0.2, -0.15) is 0 Å². The monoisotopic (exact) mass is 182 g/mol. The number of rotatable bonds is 7. The molecule has 1 N–H and O–H groups in total. The molecule has 0 atom stereocenters. The normalized spacial score (nSPS) is 12.6. The van der Waals surface area contributed by atoms with Gasteiger partial charge in [-0.25, -0.2) is 0 Å². The molecule has 0 aliphatic rings. The molecule has 13 heavy (non-hydrogen) atoms. The van der Waals surface area contributed by atoms with Crippen LogP contribution in [0, 0.1) is 0 Å². The molecule has 0 aliphatic carbocycles. The van der Waals surface area contributed by atoms with Crippen molar-refractivity contribution in [3.8, 4) is 0 Å². The summed E-state index contributed by atoms with van der Waals surface area (Å²) < 4.78 is 0. The van der Waals surface area contributed by atoms with Crippen LogP contribution in [0.25, 0.3) is 0 Å². The van der Waals surface area contributed by atoms with Gasteiger partial charge in [-0.1, -0.05) is 38.3 Å². The summed E-state index contributed by atoms with van der Waals surface area (Å²) in [5.41, 5.74) is 0. The van der Waals surface area contributed by atoms with Crippen LogP contribution in [0.1, 0.15) is 52.4 Å². The average Bonchev–Trinajstić information content (AvgIpc) is 2.16. The fourth-order valence-corrected chi connectivity index (χ4v) is 1.13. The van der Waals surface area contributed by atoms with E-state index >= 15 is 0 Å². The Kier molecular flexibility index (Phi) is 8.85. The third-order valence-corrected chi connectivity index (χ3v) is 2.05. The number of aliphatic hydroxyl groups excluding tert-OH is 1. The first-order valence-electron chi connectivity index (χ1n) is 5.30. The Labute approximate surface area is 82.2 Å². The van der Waals surface area contributed by atoms with E-state index in [1.54, 1.807) is 6.08 Å². The molecule has 0 saturated heterocycles. The van der Waals surface area contributed by atoms with E-state index in [1.165, 1.54) is 25.7 Å². The van der Waals surface area contributed by atoms with Crippen LogP contribution in [0.5, 0.6) is 0 Å². The maximum absolute atomic E-state index is 9.11. The van der Waals surface area contributed by atoms with Gasteiger partial charge in [0.05, 0.1) is 5.76 Å². The van der Waals surface area contributed by atoms with E-state index in [2.05, 4.69) is 13.0 Å². The van der Waals surface area contributed by atoms with Crippen LogP contribution in [0.3, 0.4) is 0 Å². The molecule has 0 rings (SSSR count). The summed E-state index contributed by atoms with van der Waals surface area (Å²) >= 11 is 0. The highest BCUT2D eigenvalue weighted by atomic mass is 16.3. The first kappa shape index (κ1) is 12.3. The maximum Gasteiger partial charge on any atom is 0.0917 e. The van der Waals surface area contributed by atoms with Crippen LogP contribution in [0.4, 0.5) is 0 Å². The molecule has 0 radical (unpaired) electrons. The van der Waals surface area contributed by atoms with E-state index in [0.717, 1.165) is 6.42 Å². The van der Waals surface area contributed by atoms with Gasteiger partial charge < -0.3 is 5.11 Å². The van der Waals surface area contributed by atoms with Crippen molar-refractivity contribution in [1.82, 2.24) is 0 Å². The Morgan fingerprint density at radius 2 is 1.92 bits per heavy atom. The van der Waals surface area contributed by atoms with Gasteiger partial charge in [0.15, 0.2) is 0 Å². The quantitative estimate of drug-likeness (QED) is 0.352. The zero-order valence-electron chi connectivity index (χ0n) is 8.92. The van der Waals surface area contributed by atoms with Crippen LogP contribution in [-0.2, 0) is 0 Å². The Balaban J connectivity index is 3.22. The minimum Gasteiger partial charge on any atom is -0.512 e. The summed E-state index contributed by atoms with van der Waals surface area (Å²) in [4.78, 5) is 0. The van der Waals surface area contributed by atoms with E-state index < -0.39 is 0 Å². The average molecular weight is 182 g/mol. The molecule has 0 amide bonds. The molecule has 1 nitrogen and oxygen atoms in total. The van der Waals surface area contributed by atoms with E-state index in [9.17, 15) is 0 Å². The molecule has 0 bridgehead atoms. The predicted molar refractivity (Wildman–Crippen MR) is 58.9 cm³/mol. The molecular weight excluding hydrogens is 160 g/mol. The molecule has 76 valence electrons. The van der Waals surface area contributed by atoms with Crippen molar-refractivity contribution < 1.29 is 5.11 Å². The van der Waals surface area contributed by atoms with E-state index in [4.69, 9.17) is 5.11 Å². The second kappa shape index (κ2) is 9.37. The van der Waals surface area contributed by atoms with Crippen molar-refractivity contribution >= 4 is 0 Å². The first-order chi connectivity index (χ1) is 6.31. The summed E-state index contributed by atoms with van der Waals surface area (Å²) in [6, 6.07) is 0. The van der Waals surface area contributed by atoms with E-state index in [-0.39, 0.29) is 0 Å². The van der Waals surface area contributed by atoms with Crippen LogP contribution < -0.4 is 0 Å². The van der Waals surface area contributed by atoms with E-state index in [0.29, 0.717) is 12.2 Å². The Morgan fingerprint density at radius 3 is 2.54 bits per heavy atom. The lowest BCUT2D eigenvalue weighted by Crippen LogP contribution is -1.76. The predicted octanol–water partition coefficient (Wildman–Crippen LogP) is 4.36. The summed E-state index contributed by atoms with van der Waals surface area (Å²) in [7, 11) is 0. The van der Waals surface area contributed by atoms with Crippen LogP contribution in [0.15, 0.2) is 24.0 Å². The molecule has 0 fully saturated rings. The molecule has 0 aliphatic heterocycles. The van der Waals surface area contributed by atoms with Gasteiger partial charge in [-0.15, -0.1) is 0 Å². The van der Waals surface area contributed by atoms with Crippen molar-refractivity contribution in [2.75, 3.05) is 0 Å². The van der Waals surface area contributed by atoms with Gasteiger partial charge in [-0.05, 0) is 25.8 Å². The smallest absolute Gasteiger partial charge is 0.0917 e. The van der Waals surface area contributed by atoms with Gasteiger partial charge in [0.2, 0.25) is 0 Å². The van der Waals surface area contributed by atoms with Crippen molar-refractivity contribution in [2.45, 2.75) is 52.4 Å². The summed E-state index contributed by atoms with van der Waals surface area (Å²) in [5, 5.41) is 9.11. The maximum atomic E-state index is 9.11. The molecule has 0 saturated carbocycles. The number of allylic oxidation sites excluding steroid dienone is 3. The number of hydrogen-bond acceptors (Lipinski definition) is 1. The first-order valence-corrected chi connectivity index (χ1v) is 5.30. The fraction of sp³-hybridized carbons (Fsp3) is 0.667. The molecule has 1 heteroatoms. The summed E-state index contributed by atoms with van der Waals surface area (Å²) in [5.74, 6) is 0.463. The molecule has 0 aromatic heterocycles. The lowest BCUT2D eigenvalue weighted by Gasteiger charge is -1.94. The second-order valence-electron chi connectivity index (χ2n) is 3.30. The third kappa shape index (κ3) is 9.19. The molecule has 0 unspecified atom stereocenters. The largest absolute Gasteiger partial charge is 0.512 e. The fourth-order valence-electron chi connectivity index (χ4n) is 1.13. The number of hydrogen-bond donors (Lipinski definition) is 1. The molecule has 0 spiro atoms. The van der Waals surface area contributed by atoms with Crippen LogP contribution >= 0.6 is 0 Å².